The van der Waals surface area contributed by atoms with Gasteiger partial charge in [0.2, 0.25) is 0 Å². The summed E-state index contributed by atoms with van der Waals surface area (Å²) in [6, 6.07) is 6.48. The number of nitrogens with zero attached hydrogens (tertiary/aromatic N) is 1. The first-order valence-electron chi connectivity index (χ1n) is 7.75. The lowest BCUT2D eigenvalue weighted by Gasteiger charge is -2.26. The number of hydrogen-bond acceptors (Lipinski definition) is 4. The predicted molar refractivity (Wildman–Crippen MR) is 78.8 cm³/mol. The third kappa shape index (κ3) is 2.75. The van der Waals surface area contributed by atoms with Gasteiger partial charge in [0, 0.05) is 0 Å². The summed E-state index contributed by atoms with van der Waals surface area (Å²) in [4.78, 5) is 41.3. The molecule has 0 saturated heterocycles. The van der Waals surface area contributed by atoms with Crippen LogP contribution in [0.1, 0.15) is 59.7 Å². The van der Waals surface area contributed by atoms with Crippen molar-refractivity contribution in [2.45, 2.75) is 39.0 Å². The molecule has 1 fully saturated rings. The summed E-state index contributed by atoms with van der Waals surface area (Å²) in [7, 11) is 0. The van der Waals surface area contributed by atoms with Gasteiger partial charge in [-0.3, -0.25) is 9.59 Å². The zero-order valence-electron chi connectivity index (χ0n) is 12.6. The van der Waals surface area contributed by atoms with Crippen LogP contribution in [0.15, 0.2) is 24.3 Å². The summed E-state index contributed by atoms with van der Waals surface area (Å²) < 4.78 is 0. The minimum absolute atomic E-state index is 0.262. The second-order valence-electron chi connectivity index (χ2n) is 6.26. The van der Waals surface area contributed by atoms with Gasteiger partial charge in [0.05, 0.1) is 17.5 Å². The first-order chi connectivity index (χ1) is 10.6. The molecule has 0 bridgehead atoms. The Hall–Kier alpha value is -2.17. The van der Waals surface area contributed by atoms with Crippen molar-refractivity contribution in [3.63, 3.8) is 0 Å². The van der Waals surface area contributed by atoms with Crippen LogP contribution < -0.4 is 0 Å². The Labute approximate surface area is 129 Å². The molecule has 3 rings (SSSR count). The maximum atomic E-state index is 12.1. The normalized spacial score (nSPS) is 24.3. The first-order valence-corrected chi connectivity index (χ1v) is 7.75. The molecule has 1 saturated carbocycles. The van der Waals surface area contributed by atoms with E-state index in [1.165, 1.54) is 6.42 Å². The molecule has 0 aromatic heterocycles. The topological polar surface area (TPSA) is 63.7 Å². The van der Waals surface area contributed by atoms with Crippen molar-refractivity contribution in [3.05, 3.63) is 35.4 Å². The van der Waals surface area contributed by atoms with Gasteiger partial charge >= 0.3 is 5.97 Å². The van der Waals surface area contributed by atoms with Crippen LogP contribution in [-0.2, 0) is 9.63 Å². The van der Waals surface area contributed by atoms with Crippen LogP contribution in [0.4, 0.5) is 0 Å². The number of hydrogen-bond donors (Lipinski definition) is 0. The summed E-state index contributed by atoms with van der Waals surface area (Å²) in [6.07, 6.45) is 4.58. The van der Waals surface area contributed by atoms with E-state index < -0.39 is 17.8 Å². The molecule has 2 amide bonds. The summed E-state index contributed by atoms with van der Waals surface area (Å²) in [5, 5.41) is 0.596. The second-order valence-corrected chi connectivity index (χ2v) is 6.26. The molecule has 116 valence electrons. The fourth-order valence-corrected chi connectivity index (χ4v) is 3.37. The van der Waals surface area contributed by atoms with Gasteiger partial charge < -0.3 is 4.84 Å². The fourth-order valence-electron chi connectivity index (χ4n) is 3.37. The van der Waals surface area contributed by atoms with Gasteiger partial charge in [-0.1, -0.05) is 37.0 Å². The molecule has 1 aliphatic carbocycles. The van der Waals surface area contributed by atoms with E-state index in [0.29, 0.717) is 11.0 Å². The number of carbonyl (C=O) groups is 3. The quantitative estimate of drug-likeness (QED) is 0.805. The highest BCUT2D eigenvalue weighted by atomic mass is 16.7. The lowest BCUT2D eigenvalue weighted by Crippen LogP contribution is -2.33. The minimum atomic E-state index is -0.564. The van der Waals surface area contributed by atoms with Gasteiger partial charge in [-0.15, -0.1) is 0 Å². The van der Waals surface area contributed by atoms with Crippen LogP contribution in [-0.4, -0.2) is 22.8 Å². The molecule has 1 aliphatic heterocycles. The molecular weight excluding hydrogens is 282 g/mol. The second kappa shape index (κ2) is 5.91. The minimum Gasteiger partial charge on any atom is -0.330 e. The molecule has 5 heteroatoms. The molecule has 1 aromatic rings. The third-order valence-corrected chi connectivity index (χ3v) is 4.45. The maximum absolute atomic E-state index is 12.1. The molecule has 0 N–H and O–H groups in total. The molecule has 2 unspecified atom stereocenters. The van der Waals surface area contributed by atoms with Crippen molar-refractivity contribution < 1.29 is 19.2 Å². The highest BCUT2D eigenvalue weighted by Crippen LogP contribution is 2.31. The van der Waals surface area contributed by atoms with E-state index in [2.05, 4.69) is 6.92 Å². The van der Waals surface area contributed by atoms with Gasteiger partial charge in [-0.05, 0) is 36.8 Å². The number of benzene rings is 1. The summed E-state index contributed by atoms with van der Waals surface area (Å²) >= 11 is 0. The number of hydroxylamine groups is 2. The molecule has 1 heterocycles. The summed E-state index contributed by atoms with van der Waals surface area (Å²) in [5.74, 6) is -0.734. The Balaban J connectivity index is 1.63. The van der Waals surface area contributed by atoms with Gasteiger partial charge in [-0.25, -0.2) is 4.79 Å². The number of carbonyl (C=O) groups excluding carboxylic acids is 3. The smallest absolute Gasteiger partial charge is 0.330 e. The van der Waals surface area contributed by atoms with Crippen LogP contribution in [0.3, 0.4) is 0 Å². The standard InChI is InChI=1S/C17H19NO4/c1-11-5-4-6-12(9-11)10-15(19)22-18-16(20)13-7-2-3-8-14(13)17(18)21/h2-3,7-8,11-12H,4-6,9-10H2,1H3. The Morgan fingerprint density at radius 2 is 1.82 bits per heavy atom. The van der Waals surface area contributed by atoms with Gasteiger partial charge in [0.25, 0.3) is 11.8 Å². The van der Waals surface area contributed by atoms with E-state index in [4.69, 9.17) is 4.84 Å². The van der Waals surface area contributed by atoms with E-state index in [9.17, 15) is 14.4 Å². The number of rotatable bonds is 3. The Bertz CT molecular complexity index is 590. The number of imide groups is 1. The molecule has 5 nitrogen and oxygen atoms in total. The predicted octanol–water partition coefficient (Wildman–Crippen LogP) is 2.96. The van der Waals surface area contributed by atoms with Crippen molar-refractivity contribution in [2.24, 2.45) is 11.8 Å². The van der Waals surface area contributed by atoms with Crippen LogP contribution in [0.2, 0.25) is 0 Å². The van der Waals surface area contributed by atoms with E-state index >= 15 is 0 Å². The monoisotopic (exact) mass is 301 g/mol. The molecule has 2 aliphatic rings. The van der Waals surface area contributed by atoms with E-state index in [0.717, 1.165) is 19.3 Å². The summed E-state index contributed by atoms with van der Waals surface area (Å²) in [5.41, 5.74) is 0.568. The maximum Gasteiger partial charge on any atom is 0.333 e. The van der Waals surface area contributed by atoms with Crippen LogP contribution in [0, 0.1) is 11.8 Å². The zero-order valence-corrected chi connectivity index (χ0v) is 12.6. The number of amides is 2. The third-order valence-electron chi connectivity index (χ3n) is 4.45. The lowest BCUT2D eigenvalue weighted by molar-refractivity contribution is -0.170. The molecule has 22 heavy (non-hydrogen) atoms. The molecule has 1 aromatic carbocycles. The Morgan fingerprint density at radius 1 is 1.18 bits per heavy atom. The van der Waals surface area contributed by atoms with Crippen LogP contribution >= 0.6 is 0 Å². The Kier molecular flexibility index (Phi) is 3.96. The van der Waals surface area contributed by atoms with Gasteiger partial charge in [0.1, 0.15) is 0 Å². The fraction of sp³-hybridized carbons (Fsp3) is 0.471. The van der Waals surface area contributed by atoms with E-state index in [-0.39, 0.29) is 23.5 Å². The molecule has 2 atom stereocenters. The number of fused-ring (bicyclic) bond motifs is 1. The SMILES string of the molecule is CC1CCCC(CC(=O)ON2C(=O)c3ccccc3C2=O)C1. The van der Waals surface area contributed by atoms with Crippen molar-refractivity contribution in [1.29, 1.82) is 0 Å². The summed E-state index contributed by atoms with van der Waals surface area (Å²) in [6.45, 7) is 2.18. The molecule has 0 spiro atoms. The van der Waals surface area contributed by atoms with Gasteiger partial charge in [-0.2, -0.15) is 0 Å². The van der Waals surface area contributed by atoms with E-state index in [1.54, 1.807) is 24.3 Å². The highest BCUT2D eigenvalue weighted by Gasteiger charge is 2.38. The average Bonchev–Trinajstić information content (AvgIpc) is 2.73. The lowest BCUT2D eigenvalue weighted by atomic mass is 9.81. The first kappa shape index (κ1) is 14.8. The highest BCUT2D eigenvalue weighted by molar-refractivity contribution is 6.20. The van der Waals surface area contributed by atoms with E-state index in [1.807, 2.05) is 0 Å². The van der Waals surface area contributed by atoms with Crippen molar-refractivity contribution in [2.75, 3.05) is 0 Å². The van der Waals surface area contributed by atoms with Crippen LogP contribution in [0.25, 0.3) is 0 Å². The van der Waals surface area contributed by atoms with Crippen molar-refractivity contribution in [1.82, 2.24) is 5.06 Å². The average molecular weight is 301 g/mol. The van der Waals surface area contributed by atoms with Crippen molar-refractivity contribution in [3.8, 4) is 0 Å². The van der Waals surface area contributed by atoms with Gasteiger partial charge in [0.15, 0.2) is 0 Å². The molecule has 0 radical (unpaired) electrons. The largest absolute Gasteiger partial charge is 0.333 e. The molecular formula is C17H19NO4. The van der Waals surface area contributed by atoms with Crippen molar-refractivity contribution >= 4 is 17.8 Å². The zero-order chi connectivity index (χ0) is 15.7. The Morgan fingerprint density at radius 3 is 2.41 bits per heavy atom. The van der Waals surface area contributed by atoms with Crippen LogP contribution in [0.5, 0.6) is 0 Å².